The summed E-state index contributed by atoms with van der Waals surface area (Å²) in [4.78, 5) is 67.4. The van der Waals surface area contributed by atoms with E-state index in [1.54, 1.807) is 0 Å². The molecule has 232 valence electrons. The molecule has 0 aromatic heterocycles. The Morgan fingerprint density at radius 3 is 2.48 bits per heavy atom. The fraction of sp³-hybridized carbons (Fsp3) is 0.586. The second-order valence-electron chi connectivity index (χ2n) is 10.3. The molecule has 1 saturated heterocycles. The lowest BCUT2D eigenvalue weighted by atomic mass is 10.0. The molecule has 2 rings (SSSR count). The van der Waals surface area contributed by atoms with E-state index in [1.807, 2.05) is 0 Å². The molecule has 2 N–H and O–H groups in total. The van der Waals surface area contributed by atoms with E-state index in [0.717, 1.165) is 44.7 Å². The molecule has 1 aromatic carbocycles. The van der Waals surface area contributed by atoms with Gasteiger partial charge in [0.2, 0.25) is 5.91 Å². The van der Waals surface area contributed by atoms with Gasteiger partial charge in [-0.1, -0.05) is 20.3 Å². The molecule has 1 fully saturated rings. The summed E-state index contributed by atoms with van der Waals surface area (Å²) in [6.45, 7) is 5.78. The third-order valence-electron chi connectivity index (χ3n) is 7.04. The molecule has 0 radical (unpaired) electrons. The van der Waals surface area contributed by atoms with Crippen LogP contribution in [0, 0.1) is 23.5 Å². The van der Waals surface area contributed by atoms with E-state index in [9.17, 15) is 32.8 Å². The van der Waals surface area contributed by atoms with Crippen LogP contribution in [0.4, 0.5) is 13.6 Å². The van der Waals surface area contributed by atoms with Crippen LogP contribution in [0.25, 0.3) is 0 Å². The number of aliphatic imine (C=N–C) groups is 1. The summed E-state index contributed by atoms with van der Waals surface area (Å²) in [7, 11) is 1.11. The van der Waals surface area contributed by atoms with E-state index in [1.165, 1.54) is 11.8 Å². The molecule has 1 aliphatic heterocycles. The lowest BCUT2D eigenvalue weighted by Crippen LogP contribution is -2.47. The fourth-order valence-corrected chi connectivity index (χ4v) is 4.46. The third-order valence-corrected chi connectivity index (χ3v) is 7.04. The number of ether oxygens (including phenoxy) is 2. The zero-order valence-corrected chi connectivity index (χ0v) is 24.5. The Balaban J connectivity index is 2.12. The Morgan fingerprint density at radius 2 is 1.86 bits per heavy atom. The molecule has 0 aliphatic carbocycles. The molecule has 1 aromatic rings. The minimum absolute atomic E-state index is 0.100. The first-order valence-corrected chi connectivity index (χ1v) is 14.0. The van der Waals surface area contributed by atoms with Crippen LogP contribution >= 0.6 is 0 Å². The highest BCUT2D eigenvalue weighted by Gasteiger charge is 2.34. The van der Waals surface area contributed by atoms with Gasteiger partial charge in [-0.2, -0.15) is 0 Å². The maximum Gasteiger partial charge on any atom is 0.328 e. The number of hydrogen-bond donors (Lipinski definition) is 2. The maximum absolute atomic E-state index is 13.8. The Bertz CT molecular complexity index is 1130. The predicted octanol–water partition coefficient (Wildman–Crippen LogP) is 2.94. The van der Waals surface area contributed by atoms with Crippen LogP contribution in [0.2, 0.25) is 0 Å². The largest absolute Gasteiger partial charge is 0.468 e. The summed E-state index contributed by atoms with van der Waals surface area (Å²) in [5.41, 5.74) is 0.100. The van der Waals surface area contributed by atoms with E-state index in [4.69, 9.17) is 9.47 Å². The molecule has 4 amide bonds. The number of halogens is 2. The number of nitrogens with zero attached hydrogens (tertiary/aromatic N) is 2. The SMILES string of the molecule is CCC(C)CCCNC(=O)N[C@@H](Cc1cc(F)cc(F)c1)C(=O)N=CC(COC(=O)C1CCCN1C(C)=O)C(=O)OC. The molecule has 1 heterocycles. The molecule has 13 heteroatoms. The summed E-state index contributed by atoms with van der Waals surface area (Å²) in [5.74, 6) is -5.21. The molecule has 11 nitrogen and oxygen atoms in total. The van der Waals surface area contributed by atoms with Crippen molar-refractivity contribution >= 4 is 36.0 Å². The molecule has 0 saturated carbocycles. The number of amides is 4. The predicted molar refractivity (Wildman–Crippen MR) is 149 cm³/mol. The summed E-state index contributed by atoms with van der Waals surface area (Å²) in [6, 6.07) is -0.0381. The summed E-state index contributed by atoms with van der Waals surface area (Å²) >= 11 is 0. The van der Waals surface area contributed by atoms with Gasteiger partial charge in [-0.3, -0.25) is 14.4 Å². The van der Waals surface area contributed by atoms with Crippen LogP contribution in [0.5, 0.6) is 0 Å². The van der Waals surface area contributed by atoms with E-state index in [2.05, 4.69) is 29.5 Å². The number of hydrogen-bond acceptors (Lipinski definition) is 7. The number of esters is 2. The third kappa shape index (κ3) is 11.2. The first kappa shape index (κ1) is 34.3. The molecule has 0 bridgehead atoms. The number of benzene rings is 1. The monoisotopic (exact) mass is 594 g/mol. The first-order valence-electron chi connectivity index (χ1n) is 14.0. The number of carbonyl (C=O) groups excluding carboxylic acids is 5. The topological polar surface area (TPSA) is 143 Å². The Kier molecular flexibility index (Phi) is 14.0. The smallest absolute Gasteiger partial charge is 0.328 e. The van der Waals surface area contributed by atoms with Crippen molar-refractivity contribution in [2.75, 3.05) is 26.8 Å². The van der Waals surface area contributed by atoms with E-state index in [0.29, 0.717) is 37.9 Å². The number of likely N-dealkylation sites (tertiary alicyclic amines) is 1. The molecular formula is C29H40F2N4O7. The lowest BCUT2D eigenvalue weighted by Gasteiger charge is -2.22. The minimum atomic E-state index is -1.33. The highest BCUT2D eigenvalue weighted by atomic mass is 19.1. The highest BCUT2D eigenvalue weighted by Crippen LogP contribution is 2.19. The summed E-state index contributed by atoms with van der Waals surface area (Å²) in [5, 5.41) is 5.14. The van der Waals surface area contributed by atoms with Crippen molar-refractivity contribution in [2.45, 2.75) is 71.4 Å². The second kappa shape index (κ2) is 17.1. The molecule has 42 heavy (non-hydrogen) atoms. The van der Waals surface area contributed by atoms with Gasteiger partial charge in [-0.05, 0) is 49.3 Å². The average Bonchev–Trinajstić information content (AvgIpc) is 3.44. The summed E-state index contributed by atoms with van der Waals surface area (Å²) in [6.07, 6.45) is 4.33. The number of nitrogens with one attached hydrogen (secondary N) is 2. The van der Waals surface area contributed by atoms with Gasteiger partial charge in [0.15, 0.2) is 0 Å². The van der Waals surface area contributed by atoms with Crippen molar-refractivity contribution in [3.8, 4) is 0 Å². The van der Waals surface area contributed by atoms with Gasteiger partial charge in [0.25, 0.3) is 5.91 Å². The Morgan fingerprint density at radius 1 is 1.17 bits per heavy atom. The van der Waals surface area contributed by atoms with Gasteiger partial charge < -0.3 is 25.0 Å². The van der Waals surface area contributed by atoms with Crippen molar-refractivity contribution in [3.05, 3.63) is 35.4 Å². The van der Waals surface area contributed by atoms with Crippen molar-refractivity contribution in [1.82, 2.24) is 15.5 Å². The second-order valence-corrected chi connectivity index (χ2v) is 10.3. The minimum Gasteiger partial charge on any atom is -0.468 e. The molecule has 3 unspecified atom stereocenters. The Hall–Kier alpha value is -3.90. The van der Waals surface area contributed by atoms with Gasteiger partial charge in [-0.25, -0.2) is 23.4 Å². The molecule has 1 aliphatic rings. The zero-order valence-electron chi connectivity index (χ0n) is 24.5. The quantitative estimate of drug-likeness (QED) is 0.192. The van der Waals surface area contributed by atoms with E-state index < -0.39 is 60.1 Å². The van der Waals surface area contributed by atoms with Crippen LogP contribution in [-0.4, -0.2) is 79.8 Å². The average molecular weight is 595 g/mol. The zero-order chi connectivity index (χ0) is 31.2. The van der Waals surface area contributed by atoms with Crippen LogP contribution in [0.3, 0.4) is 0 Å². The Labute approximate surface area is 244 Å². The van der Waals surface area contributed by atoms with Crippen molar-refractivity contribution < 1.29 is 42.2 Å². The first-order chi connectivity index (χ1) is 19.9. The van der Waals surface area contributed by atoms with Crippen molar-refractivity contribution in [1.29, 1.82) is 0 Å². The number of carbonyl (C=O) groups is 5. The standard InChI is InChI=1S/C29H40F2N4O7/c1-5-18(2)8-6-10-32-29(40)34-24(14-20-12-22(30)15-23(31)13-20)26(37)33-16-21(27(38)41-4)17-42-28(39)25-9-7-11-35(25)19(3)36/h12-13,15-16,18,21,24-25H,5-11,14,17H2,1-4H3,(H2,32,34,40)/t18?,21?,24-,25?/m0/s1. The van der Waals surface area contributed by atoms with Crippen LogP contribution in [0.1, 0.15) is 58.4 Å². The maximum atomic E-state index is 13.8. The number of methoxy groups -OCH3 is 1. The van der Waals surface area contributed by atoms with Crippen LogP contribution in [0.15, 0.2) is 23.2 Å². The van der Waals surface area contributed by atoms with E-state index in [-0.39, 0.29) is 17.9 Å². The van der Waals surface area contributed by atoms with Crippen molar-refractivity contribution in [3.63, 3.8) is 0 Å². The van der Waals surface area contributed by atoms with Crippen LogP contribution < -0.4 is 10.6 Å². The van der Waals surface area contributed by atoms with Crippen LogP contribution in [-0.2, 0) is 35.1 Å². The number of rotatable bonds is 14. The normalized spacial score (nSPS) is 16.9. The fourth-order valence-electron chi connectivity index (χ4n) is 4.46. The summed E-state index contributed by atoms with van der Waals surface area (Å²) < 4.78 is 37.6. The van der Waals surface area contributed by atoms with Gasteiger partial charge >= 0.3 is 18.0 Å². The van der Waals surface area contributed by atoms with Gasteiger partial charge in [-0.15, -0.1) is 0 Å². The highest BCUT2D eigenvalue weighted by molar-refractivity contribution is 5.98. The lowest BCUT2D eigenvalue weighted by molar-refractivity contribution is -0.156. The van der Waals surface area contributed by atoms with Gasteiger partial charge in [0.05, 0.1) is 7.11 Å². The van der Waals surface area contributed by atoms with Gasteiger partial charge in [0, 0.05) is 38.7 Å². The van der Waals surface area contributed by atoms with Gasteiger partial charge in [0.1, 0.15) is 36.2 Å². The molecule has 0 spiro atoms. The number of urea groups is 1. The van der Waals surface area contributed by atoms with Crippen molar-refractivity contribution in [2.24, 2.45) is 16.8 Å². The molecular weight excluding hydrogens is 554 g/mol. The van der Waals surface area contributed by atoms with E-state index >= 15 is 0 Å². The molecule has 4 atom stereocenters.